The molecule has 12 nitrogen and oxygen atoms in total. The van der Waals surface area contributed by atoms with Crippen molar-refractivity contribution >= 4 is 35.4 Å². The van der Waals surface area contributed by atoms with Crippen LogP contribution in [0.1, 0.15) is 116 Å². The van der Waals surface area contributed by atoms with E-state index in [2.05, 4.69) is 229 Å². The largest absolute Gasteiger partial charge is 0.475 e. The molecule has 12 heteroatoms. The van der Waals surface area contributed by atoms with Gasteiger partial charge in [0.25, 0.3) is 0 Å². The number of hydrogen-bond acceptors (Lipinski definition) is 12. The van der Waals surface area contributed by atoms with Gasteiger partial charge in [-0.2, -0.15) is 0 Å². The van der Waals surface area contributed by atoms with Gasteiger partial charge in [-0.25, -0.2) is 30.0 Å². The number of benzene rings is 7. The first-order chi connectivity index (χ1) is 39.9. The molecule has 426 valence electrons. The van der Waals surface area contributed by atoms with E-state index in [-0.39, 0.29) is 33.2 Å². The molecule has 0 aliphatic carbocycles. The molecule has 0 saturated heterocycles. The molecule has 0 aromatic heterocycles. The highest BCUT2D eigenvalue weighted by molar-refractivity contribution is 6.16. The Morgan fingerprint density at radius 1 is 0.190 bits per heavy atom. The van der Waals surface area contributed by atoms with Crippen LogP contribution in [0.2, 0.25) is 0 Å². The first kappa shape index (κ1) is 54.6. The second-order valence-electron chi connectivity index (χ2n) is 26.8. The Kier molecular flexibility index (Phi) is 13.0. The lowest BCUT2D eigenvalue weighted by atomic mass is 9.74. The fourth-order valence-electron chi connectivity index (χ4n) is 11.6. The minimum Gasteiger partial charge on any atom is -0.475 e. The zero-order chi connectivity index (χ0) is 58.6. The maximum Gasteiger partial charge on any atom is 0.216 e. The fraction of sp³-hybridized carbons (Fsp3) is 0.333. The van der Waals surface area contributed by atoms with E-state index in [0.717, 1.165) is 100 Å². The molecule has 6 heterocycles. The van der Waals surface area contributed by atoms with Crippen molar-refractivity contribution in [2.45, 2.75) is 116 Å². The summed E-state index contributed by atoms with van der Waals surface area (Å²) in [6, 6.07) is 52.3. The summed E-state index contributed by atoms with van der Waals surface area (Å²) in [5, 5.41) is 0. The smallest absolute Gasteiger partial charge is 0.216 e. The van der Waals surface area contributed by atoms with Crippen molar-refractivity contribution < 1.29 is 28.4 Å². The van der Waals surface area contributed by atoms with E-state index < -0.39 is 0 Å². The zero-order valence-corrected chi connectivity index (χ0v) is 50.2. The van der Waals surface area contributed by atoms with Crippen LogP contribution in [0, 0.1) is 0 Å². The number of ether oxygens (including phenoxy) is 6. The Morgan fingerprint density at radius 2 is 0.298 bits per heavy atom. The lowest BCUT2D eigenvalue weighted by Crippen LogP contribution is -2.17. The Balaban J connectivity index is 1.16. The van der Waals surface area contributed by atoms with Gasteiger partial charge in [-0.15, -0.1) is 0 Å². The van der Waals surface area contributed by atoms with E-state index in [1.807, 2.05) is 0 Å². The molecule has 7 aromatic carbocycles. The molecule has 6 aliphatic heterocycles. The second kappa shape index (κ2) is 20.0. The molecule has 0 bridgehead atoms. The summed E-state index contributed by atoms with van der Waals surface area (Å²) < 4.78 is 37.6. The summed E-state index contributed by atoms with van der Waals surface area (Å²) in [5.41, 5.74) is 15.5. The first-order valence-corrected chi connectivity index (χ1v) is 29.2. The second-order valence-corrected chi connectivity index (χ2v) is 26.8. The molecular weight excluding hydrogens is 1040 g/mol. The maximum absolute atomic E-state index is 6.26. The summed E-state index contributed by atoms with van der Waals surface area (Å²) in [4.78, 5) is 30.0. The molecule has 0 amide bonds. The van der Waals surface area contributed by atoms with Crippen molar-refractivity contribution in [1.29, 1.82) is 0 Å². The molecular formula is C72H72N6O6. The number of rotatable bonds is 12. The van der Waals surface area contributed by atoms with Crippen molar-refractivity contribution in [2.75, 3.05) is 39.6 Å². The highest BCUT2D eigenvalue weighted by Crippen LogP contribution is 2.56. The highest BCUT2D eigenvalue weighted by Gasteiger charge is 2.35. The van der Waals surface area contributed by atoms with Crippen molar-refractivity contribution in [2.24, 2.45) is 30.0 Å². The van der Waals surface area contributed by atoms with Crippen molar-refractivity contribution in [3.63, 3.8) is 0 Å². The van der Waals surface area contributed by atoms with Gasteiger partial charge in [0.15, 0.2) is 0 Å². The molecule has 13 rings (SSSR count). The molecule has 0 unspecified atom stereocenters. The van der Waals surface area contributed by atoms with Gasteiger partial charge in [-0.05, 0) is 223 Å². The van der Waals surface area contributed by atoms with Gasteiger partial charge in [0, 0.05) is 33.4 Å². The number of aliphatic imine (C=N–C) groups is 6. The Labute approximate surface area is 493 Å². The van der Waals surface area contributed by atoms with Gasteiger partial charge in [0.05, 0.1) is 33.2 Å². The van der Waals surface area contributed by atoms with E-state index >= 15 is 0 Å². The predicted octanol–water partition coefficient (Wildman–Crippen LogP) is 15.0. The van der Waals surface area contributed by atoms with Gasteiger partial charge >= 0.3 is 0 Å². The van der Waals surface area contributed by atoms with Crippen molar-refractivity contribution in [1.82, 2.24) is 0 Å². The molecule has 0 fully saturated rings. The number of hydrogen-bond donors (Lipinski definition) is 0. The van der Waals surface area contributed by atoms with Crippen molar-refractivity contribution in [3.8, 4) is 66.8 Å². The summed E-state index contributed by atoms with van der Waals surface area (Å²) in [6.45, 7) is 28.2. The molecule has 0 saturated carbocycles. The summed E-state index contributed by atoms with van der Waals surface area (Å²) in [7, 11) is 0. The predicted molar refractivity (Wildman–Crippen MR) is 338 cm³/mol. The van der Waals surface area contributed by atoms with Crippen LogP contribution >= 0.6 is 0 Å². The Bertz CT molecular complexity index is 3260. The molecule has 0 atom stereocenters. The zero-order valence-electron chi connectivity index (χ0n) is 50.2. The standard InChI is InChI=1S/C72H72N6O6/c1-67(2)37-79-61(73-67)49-25-13-43(14-26-49)55-56(44-15-27-50(28-16-44)62-74-68(3,4)38-80-62)58(46-19-31-52(32-20-46)64-76-70(7,8)40-82-64)60(48-23-35-54(36-24-48)66-78-72(11,12)42-84-66)59(47-21-33-53(34-22-47)65-77-71(9,10)41-83-65)57(55)45-17-29-51(30-18-45)63-75-69(5,6)39-81-63/h13-36H,37-42H2,1-12H3. The molecule has 0 N–H and O–H groups in total. The van der Waals surface area contributed by atoms with Crippen molar-refractivity contribution in [3.05, 3.63) is 179 Å². The van der Waals surface area contributed by atoms with Crippen LogP contribution in [0.15, 0.2) is 176 Å². The van der Waals surface area contributed by atoms with Crippen LogP contribution in [-0.2, 0) is 28.4 Å². The SMILES string of the molecule is CC1(C)COC(c2ccc(-c3c(-c4ccc(C5=NC(C)(C)CO5)cc4)c(-c4ccc(C5=NC(C)(C)CO5)cc4)c(-c4ccc(C5=NC(C)(C)CO5)cc4)c(-c4ccc(C5=NC(C)(C)CO5)cc4)c3-c3ccc(C4=NC(C)(C)CO4)cc3)cc2)=N1. The van der Waals surface area contributed by atoms with Crippen LogP contribution in [0.5, 0.6) is 0 Å². The van der Waals surface area contributed by atoms with Crippen LogP contribution in [0.25, 0.3) is 66.8 Å². The monoisotopic (exact) mass is 1120 g/mol. The topological polar surface area (TPSA) is 130 Å². The summed E-state index contributed by atoms with van der Waals surface area (Å²) in [5.74, 6) is 3.81. The number of nitrogens with zero attached hydrogens (tertiary/aromatic N) is 6. The van der Waals surface area contributed by atoms with Crippen LogP contribution in [-0.4, -0.2) is 108 Å². The minimum atomic E-state index is -0.334. The maximum atomic E-state index is 6.26. The quantitative estimate of drug-likeness (QED) is 0.120. The average molecular weight is 1120 g/mol. The summed E-state index contributed by atoms with van der Waals surface area (Å²) >= 11 is 0. The molecule has 7 aromatic rings. The normalized spacial score (nSPS) is 20.0. The molecule has 0 radical (unpaired) electrons. The van der Waals surface area contributed by atoms with Gasteiger partial charge < -0.3 is 28.4 Å². The van der Waals surface area contributed by atoms with E-state index in [0.29, 0.717) is 75.0 Å². The summed E-state index contributed by atoms with van der Waals surface area (Å²) in [6.07, 6.45) is 0. The lowest BCUT2D eigenvalue weighted by Gasteiger charge is -2.29. The van der Waals surface area contributed by atoms with Crippen LogP contribution in [0.4, 0.5) is 0 Å². The lowest BCUT2D eigenvalue weighted by molar-refractivity contribution is 0.279. The minimum absolute atomic E-state index is 0.334. The Morgan fingerprint density at radius 3 is 0.393 bits per heavy atom. The average Bonchev–Trinajstić information content (AvgIpc) is 1.03. The molecule has 84 heavy (non-hydrogen) atoms. The van der Waals surface area contributed by atoms with Crippen LogP contribution < -0.4 is 0 Å². The van der Waals surface area contributed by atoms with Gasteiger partial charge in [0.1, 0.15) is 39.6 Å². The van der Waals surface area contributed by atoms with Gasteiger partial charge in [0.2, 0.25) is 35.4 Å². The molecule has 6 aliphatic rings. The molecule has 0 spiro atoms. The fourth-order valence-corrected chi connectivity index (χ4v) is 11.6. The first-order valence-electron chi connectivity index (χ1n) is 29.2. The van der Waals surface area contributed by atoms with Gasteiger partial charge in [-0.3, -0.25) is 0 Å². The van der Waals surface area contributed by atoms with Gasteiger partial charge in [-0.1, -0.05) is 72.8 Å². The third-order valence-corrected chi connectivity index (χ3v) is 15.8. The Hall–Kier alpha value is -8.64. The van der Waals surface area contributed by atoms with E-state index in [1.165, 1.54) is 0 Å². The van der Waals surface area contributed by atoms with E-state index in [9.17, 15) is 0 Å². The van der Waals surface area contributed by atoms with Crippen LogP contribution in [0.3, 0.4) is 0 Å². The highest BCUT2D eigenvalue weighted by atomic mass is 16.5. The van der Waals surface area contributed by atoms with E-state index in [1.54, 1.807) is 0 Å². The van der Waals surface area contributed by atoms with E-state index in [4.69, 9.17) is 58.4 Å². The third kappa shape index (κ3) is 10.7. The third-order valence-electron chi connectivity index (χ3n) is 15.8.